The number of guanidine groups is 1. The van der Waals surface area contributed by atoms with Crippen molar-refractivity contribution in [2.45, 2.75) is 123 Å². The van der Waals surface area contributed by atoms with Gasteiger partial charge in [0.25, 0.3) is 0 Å². The molecule has 2 aromatic rings. The molecule has 0 radical (unpaired) electrons. The standard InChI is InChI=1S/C14H20O.C13H18.C7H13N3O/c1-4-7-11-10-14(2,3)15-13-9-6-5-8-12(11)13;1-9(2)11-6-7-13-10(3)4-5-12(13)8-11;1-3-5-4-6(11)10(2)7(8)9-5/h5-6,8-9,11H,4,7,10H2,1-3H3;6-10H,4-5H2,1-3H3;5H,3-4H2,1-2H3,(H2,8,9). The van der Waals surface area contributed by atoms with Crippen molar-refractivity contribution in [3.05, 3.63) is 64.7 Å². The summed E-state index contributed by atoms with van der Waals surface area (Å²) in [5, 5.41) is 0. The van der Waals surface area contributed by atoms with Gasteiger partial charge in [-0.1, -0.05) is 77.4 Å². The highest BCUT2D eigenvalue weighted by atomic mass is 16.5. The van der Waals surface area contributed by atoms with Crippen LogP contribution < -0.4 is 10.5 Å². The summed E-state index contributed by atoms with van der Waals surface area (Å²) in [6, 6.07) is 15.6. The maximum atomic E-state index is 11.1. The number of fused-ring (bicyclic) bond motifs is 2. The Kier molecular flexibility index (Phi) is 10.6. The van der Waals surface area contributed by atoms with Gasteiger partial charge in [0, 0.05) is 13.5 Å². The molecule has 2 heterocycles. The van der Waals surface area contributed by atoms with Crippen molar-refractivity contribution < 1.29 is 9.53 Å². The second-order valence-corrected chi connectivity index (χ2v) is 12.3. The summed E-state index contributed by atoms with van der Waals surface area (Å²) in [5.74, 6) is 3.62. The van der Waals surface area contributed by atoms with Gasteiger partial charge >= 0.3 is 0 Å². The Balaban J connectivity index is 0.000000164. The average Bonchev–Trinajstić information content (AvgIpc) is 3.27. The Morgan fingerprint density at radius 1 is 1.13 bits per heavy atom. The molecule has 5 heteroatoms. The van der Waals surface area contributed by atoms with E-state index in [4.69, 9.17) is 10.5 Å². The van der Waals surface area contributed by atoms with Crippen molar-refractivity contribution in [3.63, 3.8) is 0 Å². The van der Waals surface area contributed by atoms with E-state index < -0.39 is 0 Å². The number of ether oxygens (including phenoxy) is 1. The molecule has 5 nitrogen and oxygen atoms in total. The van der Waals surface area contributed by atoms with Crippen LogP contribution in [0.3, 0.4) is 0 Å². The molecular weight excluding hydrogens is 482 g/mol. The first-order chi connectivity index (χ1) is 18.5. The second-order valence-electron chi connectivity index (χ2n) is 12.3. The zero-order valence-electron chi connectivity index (χ0n) is 25.6. The van der Waals surface area contributed by atoms with Gasteiger partial charge in [0.1, 0.15) is 11.4 Å². The van der Waals surface area contributed by atoms with E-state index in [0.29, 0.717) is 24.2 Å². The normalized spacial score (nSPS) is 22.9. The highest BCUT2D eigenvalue weighted by Crippen LogP contribution is 2.42. The summed E-state index contributed by atoms with van der Waals surface area (Å²) in [6.45, 7) is 15.5. The number of hydrogen-bond donors (Lipinski definition) is 1. The number of aryl methyl sites for hydroxylation is 1. The van der Waals surface area contributed by atoms with Crippen LogP contribution in [-0.4, -0.2) is 35.5 Å². The third-order valence-corrected chi connectivity index (χ3v) is 8.25. The van der Waals surface area contributed by atoms with E-state index in [9.17, 15) is 4.79 Å². The van der Waals surface area contributed by atoms with Gasteiger partial charge in [0.15, 0.2) is 5.96 Å². The molecule has 2 aliphatic heterocycles. The van der Waals surface area contributed by atoms with E-state index in [-0.39, 0.29) is 17.6 Å². The lowest BCUT2D eigenvalue weighted by molar-refractivity contribution is -0.127. The number of hydrogen-bond acceptors (Lipinski definition) is 4. The molecule has 0 spiro atoms. The van der Waals surface area contributed by atoms with Gasteiger partial charge in [-0.25, -0.2) is 4.99 Å². The monoisotopic (exact) mass is 533 g/mol. The molecular formula is C34H51N3O2. The van der Waals surface area contributed by atoms with Crippen molar-refractivity contribution in [1.82, 2.24) is 4.90 Å². The fraction of sp³-hybridized carbons (Fsp3) is 0.588. The molecule has 3 aliphatic rings. The number of carbonyl (C=O) groups excluding carboxylic acids is 1. The number of rotatable bonds is 4. The maximum Gasteiger partial charge on any atom is 0.231 e. The van der Waals surface area contributed by atoms with Crippen molar-refractivity contribution in [2.24, 2.45) is 10.7 Å². The highest BCUT2D eigenvalue weighted by molar-refractivity contribution is 5.98. The number of para-hydroxylation sites is 1. The van der Waals surface area contributed by atoms with Gasteiger partial charge in [-0.3, -0.25) is 9.69 Å². The van der Waals surface area contributed by atoms with Crippen molar-refractivity contribution in [3.8, 4) is 5.75 Å². The maximum absolute atomic E-state index is 11.1. The van der Waals surface area contributed by atoms with Crippen LogP contribution in [0, 0.1) is 0 Å². The first-order valence-corrected chi connectivity index (χ1v) is 15.0. The summed E-state index contributed by atoms with van der Waals surface area (Å²) in [7, 11) is 1.65. The van der Waals surface area contributed by atoms with E-state index >= 15 is 0 Å². The summed E-state index contributed by atoms with van der Waals surface area (Å²) >= 11 is 0. The van der Waals surface area contributed by atoms with E-state index in [2.05, 4.69) is 89.0 Å². The van der Waals surface area contributed by atoms with Gasteiger partial charge in [0.2, 0.25) is 5.91 Å². The third-order valence-electron chi connectivity index (χ3n) is 8.25. The van der Waals surface area contributed by atoms with Crippen molar-refractivity contribution >= 4 is 11.9 Å². The van der Waals surface area contributed by atoms with E-state index in [1.54, 1.807) is 18.2 Å². The molecule has 39 heavy (non-hydrogen) atoms. The summed E-state index contributed by atoms with van der Waals surface area (Å²) in [5.41, 5.74) is 11.6. The van der Waals surface area contributed by atoms with Crippen LogP contribution in [0.15, 0.2) is 47.5 Å². The zero-order chi connectivity index (χ0) is 28.7. The SMILES string of the molecule is CC(C)c1ccc2c(c1)CCC2C.CCC1CC(=O)N(C)C(N)=N1.CCCC1CC(C)(C)Oc2ccccc21. The minimum atomic E-state index is -0.00576. The van der Waals surface area contributed by atoms with Crippen LogP contribution in [0.2, 0.25) is 0 Å². The third kappa shape index (κ3) is 8.09. The van der Waals surface area contributed by atoms with Crippen LogP contribution in [0.1, 0.15) is 127 Å². The molecule has 0 bridgehead atoms. The number of benzene rings is 2. The Hall–Kier alpha value is -2.82. The number of carbonyl (C=O) groups is 1. The largest absolute Gasteiger partial charge is 0.488 e. The molecule has 2 aromatic carbocycles. The smallest absolute Gasteiger partial charge is 0.231 e. The molecule has 1 aliphatic carbocycles. The number of amides is 1. The fourth-order valence-corrected chi connectivity index (χ4v) is 5.79. The fourth-order valence-electron chi connectivity index (χ4n) is 5.79. The minimum absolute atomic E-state index is 0.00576. The Morgan fingerprint density at radius 3 is 2.49 bits per heavy atom. The lowest BCUT2D eigenvalue weighted by Gasteiger charge is -2.37. The van der Waals surface area contributed by atoms with E-state index in [0.717, 1.165) is 24.5 Å². The van der Waals surface area contributed by atoms with Gasteiger partial charge in [0.05, 0.1) is 6.04 Å². The molecule has 2 N–H and O–H groups in total. The topological polar surface area (TPSA) is 67.9 Å². The Bertz CT molecular complexity index is 1140. The summed E-state index contributed by atoms with van der Waals surface area (Å²) in [4.78, 5) is 16.7. The molecule has 214 valence electrons. The summed E-state index contributed by atoms with van der Waals surface area (Å²) in [6.07, 6.45) is 7.65. The number of nitrogens with two attached hydrogens (primary N) is 1. The lowest BCUT2D eigenvalue weighted by atomic mass is 9.82. The van der Waals surface area contributed by atoms with Crippen LogP contribution in [0.25, 0.3) is 0 Å². The lowest BCUT2D eigenvalue weighted by Crippen LogP contribution is -2.44. The average molecular weight is 534 g/mol. The van der Waals surface area contributed by atoms with Crippen LogP contribution >= 0.6 is 0 Å². The molecule has 0 saturated heterocycles. The first-order valence-electron chi connectivity index (χ1n) is 15.0. The Labute approximate surface area is 237 Å². The van der Waals surface area contributed by atoms with Gasteiger partial charge in [-0.15, -0.1) is 0 Å². The molecule has 1 amide bonds. The van der Waals surface area contributed by atoms with Crippen LogP contribution in [0.5, 0.6) is 5.75 Å². The predicted octanol–water partition coefficient (Wildman–Crippen LogP) is 7.93. The molecule has 3 atom stereocenters. The first kappa shape index (κ1) is 30.7. The summed E-state index contributed by atoms with van der Waals surface area (Å²) < 4.78 is 6.00. The number of nitrogens with zero attached hydrogens (tertiary/aromatic N) is 2. The van der Waals surface area contributed by atoms with E-state index in [1.807, 2.05) is 6.92 Å². The molecule has 5 rings (SSSR count). The Morgan fingerprint density at radius 2 is 1.85 bits per heavy atom. The van der Waals surface area contributed by atoms with Crippen molar-refractivity contribution in [2.75, 3.05) is 7.05 Å². The van der Waals surface area contributed by atoms with Gasteiger partial charge < -0.3 is 10.5 Å². The molecule has 0 aromatic heterocycles. The predicted molar refractivity (Wildman–Crippen MR) is 164 cm³/mol. The van der Waals surface area contributed by atoms with Gasteiger partial charge in [-0.05, 0) is 92.0 Å². The highest BCUT2D eigenvalue weighted by Gasteiger charge is 2.32. The minimum Gasteiger partial charge on any atom is -0.488 e. The van der Waals surface area contributed by atoms with Crippen LogP contribution in [0.4, 0.5) is 0 Å². The zero-order valence-corrected chi connectivity index (χ0v) is 25.6. The van der Waals surface area contributed by atoms with Gasteiger partial charge in [-0.2, -0.15) is 0 Å². The van der Waals surface area contributed by atoms with Crippen LogP contribution in [-0.2, 0) is 11.2 Å². The van der Waals surface area contributed by atoms with E-state index in [1.165, 1.54) is 41.7 Å². The number of aliphatic imine (C=N–C) groups is 1. The molecule has 0 saturated carbocycles. The molecule has 3 unspecified atom stereocenters. The molecule has 0 fully saturated rings. The van der Waals surface area contributed by atoms with Crippen molar-refractivity contribution in [1.29, 1.82) is 0 Å². The quantitative estimate of drug-likeness (QED) is 0.434. The second kappa shape index (κ2) is 13.5.